The number of primary amides is 1. The lowest BCUT2D eigenvalue weighted by Gasteiger charge is -2.12. The smallest absolute Gasteiger partial charge is 0.251 e. The first-order valence-electron chi connectivity index (χ1n) is 6.88. The molecule has 0 spiro atoms. The summed E-state index contributed by atoms with van der Waals surface area (Å²) >= 11 is 0. The lowest BCUT2D eigenvalue weighted by Crippen LogP contribution is -2.36. The molecule has 2 rings (SSSR count). The molecule has 0 radical (unpaired) electrons. The number of hydrogen-bond donors (Lipinski definition) is 1. The Bertz CT molecular complexity index is 860. The summed E-state index contributed by atoms with van der Waals surface area (Å²) in [6.45, 7) is 0.0901. The molecule has 2 N–H and O–H groups in total. The number of aryl methyl sites for hydroxylation is 1. The van der Waals surface area contributed by atoms with Crippen LogP contribution in [0.1, 0.15) is 6.42 Å². The summed E-state index contributed by atoms with van der Waals surface area (Å²) in [5.41, 5.74) is 6.35. The van der Waals surface area contributed by atoms with Gasteiger partial charge >= 0.3 is 0 Å². The summed E-state index contributed by atoms with van der Waals surface area (Å²) in [5, 5.41) is -1.30. The highest BCUT2D eigenvalue weighted by Crippen LogP contribution is 2.15. The van der Waals surface area contributed by atoms with Gasteiger partial charge in [-0.05, 0) is 24.1 Å². The monoisotopic (exact) mass is 335 g/mol. The standard InChI is InChI=1S/C15H17N3O4S/c1-23(21,22)13(15(16)20)5-8-18-7-4-11(9-14(18)19)12-3-2-6-17-10-12/h2-4,6-7,9-10,13H,5,8H2,1H3,(H2,16,20). The molecule has 2 aromatic heterocycles. The van der Waals surface area contributed by atoms with Gasteiger partial charge < -0.3 is 10.3 Å². The van der Waals surface area contributed by atoms with Gasteiger partial charge in [0.1, 0.15) is 5.25 Å². The predicted molar refractivity (Wildman–Crippen MR) is 86.4 cm³/mol. The van der Waals surface area contributed by atoms with Crippen LogP contribution in [0.15, 0.2) is 47.7 Å². The van der Waals surface area contributed by atoms with Gasteiger partial charge in [-0.2, -0.15) is 0 Å². The molecule has 8 heteroatoms. The van der Waals surface area contributed by atoms with Crippen molar-refractivity contribution >= 4 is 15.7 Å². The fraction of sp³-hybridized carbons (Fsp3) is 0.267. The van der Waals surface area contributed by atoms with Crippen molar-refractivity contribution in [1.82, 2.24) is 9.55 Å². The molecule has 0 aliphatic carbocycles. The Balaban J connectivity index is 2.19. The maximum atomic E-state index is 12.1. The molecule has 1 unspecified atom stereocenters. The molecule has 0 aromatic carbocycles. The molecule has 122 valence electrons. The number of sulfone groups is 1. The number of amides is 1. The quantitative estimate of drug-likeness (QED) is 0.810. The zero-order valence-corrected chi connectivity index (χ0v) is 13.4. The molecule has 0 fully saturated rings. The van der Waals surface area contributed by atoms with Gasteiger partial charge in [0.15, 0.2) is 9.84 Å². The van der Waals surface area contributed by atoms with E-state index in [1.807, 2.05) is 6.07 Å². The van der Waals surface area contributed by atoms with Crippen LogP contribution < -0.4 is 11.3 Å². The number of hydrogen-bond acceptors (Lipinski definition) is 5. The van der Waals surface area contributed by atoms with Crippen LogP contribution in [0.5, 0.6) is 0 Å². The van der Waals surface area contributed by atoms with Crippen molar-refractivity contribution in [2.24, 2.45) is 5.73 Å². The number of aromatic nitrogens is 2. The van der Waals surface area contributed by atoms with Gasteiger partial charge in [-0.3, -0.25) is 14.6 Å². The van der Waals surface area contributed by atoms with E-state index >= 15 is 0 Å². The summed E-state index contributed by atoms with van der Waals surface area (Å²) in [6.07, 6.45) is 5.76. The Kier molecular flexibility index (Phi) is 4.95. The van der Waals surface area contributed by atoms with Crippen LogP contribution in [0.2, 0.25) is 0 Å². The van der Waals surface area contributed by atoms with Crippen molar-refractivity contribution in [2.75, 3.05) is 6.26 Å². The maximum absolute atomic E-state index is 12.1. The minimum absolute atomic E-state index is 0.0414. The highest BCUT2D eigenvalue weighted by molar-refractivity contribution is 7.92. The minimum Gasteiger partial charge on any atom is -0.369 e. The van der Waals surface area contributed by atoms with E-state index in [0.717, 1.165) is 11.8 Å². The van der Waals surface area contributed by atoms with Crippen LogP contribution >= 0.6 is 0 Å². The molecular weight excluding hydrogens is 318 g/mol. The Morgan fingerprint density at radius 2 is 2.09 bits per heavy atom. The normalized spacial score (nSPS) is 12.7. The zero-order chi connectivity index (χ0) is 17.0. The molecule has 2 heterocycles. The van der Waals surface area contributed by atoms with E-state index in [2.05, 4.69) is 4.98 Å². The van der Waals surface area contributed by atoms with Crippen LogP contribution in [0.4, 0.5) is 0 Å². The van der Waals surface area contributed by atoms with E-state index in [9.17, 15) is 18.0 Å². The average molecular weight is 335 g/mol. The highest BCUT2D eigenvalue weighted by atomic mass is 32.2. The number of nitrogens with two attached hydrogens (primary N) is 1. The second-order valence-corrected chi connectivity index (χ2v) is 7.43. The van der Waals surface area contributed by atoms with Crippen molar-refractivity contribution in [1.29, 1.82) is 0 Å². The fourth-order valence-corrected chi connectivity index (χ4v) is 3.18. The number of pyridine rings is 2. The Labute approximate surface area is 133 Å². The SMILES string of the molecule is CS(=O)(=O)C(CCn1ccc(-c2cccnc2)cc1=O)C(N)=O. The Hall–Kier alpha value is -2.48. The summed E-state index contributed by atoms with van der Waals surface area (Å²) in [6, 6.07) is 6.78. The highest BCUT2D eigenvalue weighted by Gasteiger charge is 2.26. The first kappa shape index (κ1) is 16.9. The molecule has 1 amide bonds. The number of carbonyl (C=O) groups excluding carboxylic acids is 1. The van der Waals surface area contributed by atoms with Crippen LogP contribution in [0.3, 0.4) is 0 Å². The lowest BCUT2D eigenvalue weighted by molar-refractivity contribution is -0.117. The summed E-state index contributed by atoms with van der Waals surface area (Å²) < 4.78 is 24.4. The van der Waals surface area contributed by atoms with Crippen LogP contribution in [-0.2, 0) is 21.2 Å². The maximum Gasteiger partial charge on any atom is 0.251 e. The van der Waals surface area contributed by atoms with E-state index in [0.29, 0.717) is 5.56 Å². The van der Waals surface area contributed by atoms with E-state index in [4.69, 9.17) is 5.73 Å². The number of nitrogens with zero attached hydrogens (tertiary/aromatic N) is 2. The first-order chi connectivity index (χ1) is 10.8. The molecule has 2 aromatic rings. The van der Waals surface area contributed by atoms with Gasteiger partial charge in [-0.15, -0.1) is 0 Å². The largest absolute Gasteiger partial charge is 0.369 e. The van der Waals surface area contributed by atoms with Crippen molar-refractivity contribution in [2.45, 2.75) is 18.2 Å². The van der Waals surface area contributed by atoms with Crippen molar-refractivity contribution in [3.8, 4) is 11.1 Å². The number of rotatable bonds is 6. The second kappa shape index (κ2) is 6.74. The van der Waals surface area contributed by atoms with Crippen molar-refractivity contribution < 1.29 is 13.2 Å². The third-order valence-electron chi connectivity index (χ3n) is 3.46. The van der Waals surface area contributed by atoms with Gasteiger partial charge in [-0.1, -0.05) is 6.07 Å². The van der Waals surface area contributed by atoms with Gasteiger partial charge in [-0.25, -0.2) is 8.42 Å². The second-order valence-electron chi connectivity index (χ2n) is 5.20. The Morgan fingerprint density at radius 1 is 1.35 bits per heavy atom. The minimum atomic E-state index is -3.60. The topological polar surface area (TPSA) is 112 Å². The zero-order valence-electron chi connectivity index (χ0n) is 12.5. The molecule has 0 saturated heterocycles. The van der Waals surface area contributed by atoms with Gasteiger partial charge in [0.2, 0.25) is 5.91 Å². The molecule has 23 heavy (non-hydrogen) atoms. The summed E-state index contributed by atoms with van der Waals surface area (Å²) in [5.74, 6) is -0.910. The third kappa shape index (κ3) is 4.26. The van der Waals surface area contributed by atoms with Crippen LogP contribution in [0, 0.1) is 0 Å². The van der Waals surface area contributed by atoms with E-state index < -0.39 is 21.0 Å². The van der Waals surface area contributed by atoms with Gasteiger partial charge in [0, 0.05) is 43.0 Å². The summed E-state index contributed by atoms with van der Waals surface area (Å²) in [7, 11) is -3.60. The molecule has 0 bridgehead atoms. The Morgan fingerprint density at radius 3 is 2.61 bits per heavy atom. The number of carbonyl (C=O) groups is 1. The molecule has 7 nitrogen and oxygen atoms in total. The average Bonchev–Trinajstić information content (AvgIpc) is 2.48. The molecule has 0 saturated carbocycles. The van der Waals surface area contributed by atoms with Crippen molar-refractivity contribution in [3.63, 3.8) is 0 Å². The fourth-order valence-electron chi connectivity index (χ4n) is 2.23. The van der Waals surface area contributed by atoms with Gasteiger partial charge in [0.25, 0.3) is 5.56 Å². The molecule has 0 aliphatic rings. The molecular formula is C15H17N3O4S. The van der Waals surface area contributed by atoms with Crippen LogP contribution in [-0.4, -0.2) is 35.4 Å². The molecule has 0 aliphatic heterocycles. The molecule has 1 atom stereocenters. The lowest BCUT2D eigenvalue weighted by atomic mass is 10.1. The van der Waals surface area contributed by atoms with E-state index in [1.165, 1.54) is 10.6 Å². The predicted octanol–water partition coefficient (Wildman–Crippen LogP) is 0.199. The van der Waals surface area contributed by atoms with Crippen LogP contribution in [0.25, 0.3) is 11.1 Å². The first-order valence-corrected chi connectivity index (χ1v) is 8.83. The van der Waals surface area contributed by atoms with E-state index in [-0.39, 0.29) is 18.5 Å². The van der Waals surface area contributed by atoms with Crippen molar-refractivity contribution in [3.05, 3.63) is 53.2 Å². The summed E-state index contributed by atoms with van der Waals surface area (Å²) in [4.78, 5) is 27.4. The van der Waals surface area contributed by atoms with Gasteiger partial charge in [0.05, 0.1) is 0 Å². The van der Waals surface area contributed by atoms with E-state index in [1.54, 1.807) is 30.7 Å². The third-order valence-corrected chi connectivity index (χ3v) is 4.96.